The number of hydrogen-bond donors (Lipinski definition) is 5. The molecular weight excluding hydrogens is 854 g/mol. The standard InChI is InChI=1S/C16H16N2O4.C15H12N2O4.CNS.CH3.HI.Ru/c1-2-11(3-5-15(19)20)9-13(17)14-10-12(7-8-18-14)4-6-16(21)22;18-14(19)3-1-10-5-6-16-12(7-10)13-8-11(9-17-13)2-4-15(20)21;2-1-3;;;/h2-10H,17H2,1H3,(H,19,20)(H,21,22);1-9,13H,(H,18,19)(H,20,21);;1H3;1H;/q;;2*-1;;+3/p-1/b5-3+,6-4+,11-2-,13-9-;3-1+,4-2+;;;;. The maximum atomic E-state index is 10.5. The second-order valence-electron chi connectivity index (χ2n) is 8.54. The van der Waals surface area contributed by atoms with E-state index in [-0.39, 0.29) is 13.5 Å². The van der Waals surface area contributed by atoms with E-state index in [0.717, 1.165) is 24.3 Å². The van der Waals surface area contributed by atoms with Crippen LogP contribution in [0.1, 0.15) is 35.5 Å². The fraction of sp³-hybridized carbons (Fsp3) is 0.0606. The van der Waals surface area contributed by atoms with Crippen LogP contribution in [0.5, 0.6) is 0 Å². The first kappa shape index (κ1) is 46.1. The number of carboxylic acids is 4. The van der Waals surface area contributed by atoms with Crippen molar-refractivity contribution in [3.63, 3.8) is 0 Å². The molecule has 0 aliphatic carbocycles. The van der Waals surface area contributed by atoms with Crippen molar-refractivity contribution in [3.05, 3.63) is 138 Å². The summed E-state index contributed by atoms with van der Waals surface area (Å²) in [7, 11) is 0. The molecule has 13 nitrogen and oxygen atoms in total. The number of hydrogen-bond acceptors (Lipinski definition) is 9. The summed E-state index contributed by atoms with van der Waals surface area (Å²) in [5, 5.41) is 42.9. The van der Waals surface area contributed by atoms with E-state index in [0.29, 0.717) is 39.4 Å². The van der Waals surface area contributed by atoms with E-state index in [9.17, 15) is 19.2 Å². The van der Waals surface area contributed by atoms with Gasteiger partial charge >= 0.3 is 58.4 Å². The Morgan fingerprint density at radius 3 is 1.88 bits per heavy atom. The van der Waals surface area contributed by atoms with Gasteiger partial charge in [0.25, 0.3) is 0 Å². The van der Waals surface area contributed by atoms with Crippen LogP contribution in [0, 0.1) is 7.43 Å². The van der Waals surface area contributed by atoms with Crippen molar-refractivity contribution in [2.75, 3.05) is 0 Å². The Morgan fingerprint density at radius 1 is 0.878 bits per heavy atom. The number of carboxylic acid groups (broad SMARTS) is 4. The molecule has 1 aliphatic heterocycles. The van der Waals surface area contributed by atoms with E-state index in [1.807, 2.05) is 0 Å². The number of isothiocyanates is 1. The van der Waals surface area contributed by atoms with Crippen molar-refractivity contribution in [2.24, 2.45) is 10.7 Å². The molecule has 2 aromatic heterocycles. The third kappa shape index (κ3) is 21.5. The SMILES string of the molecule is C/C=C(\C=C(/N)c1cc(/C=C/C(=O)O)ccn1)/C=C/C(=O)O.O=C(O)/C=C/C1=CC(c2cc(/C=C/C(=O)O)ccn2)N=C1.[CH3-].[N-]=C=S.[Ru+2][I]. The van der Waals surface area contributed by atoms with Crippen LogP contribution in [0.15, 0.2) is 107 Å². The first-order chi connectivity index (χ1) is 22.9. The van der Waals surface area contributed by atoms with Gasteiger partial charge in [-0.2, -0.15) is 5.16 Å². The molecule has 0 bridgehead atoms. The van der Waals surface area contributed by atoms with Gasteiger partial charge in [0.2, 0.25) is 0 Å². The van der Waals surface area contributed by atoms with Crippen LogP contribution >= 0.6 is 32.0 Å². The van der Waals surface area contributed by atoms with Gasteiger partial charge in [-0.15, -0.1) is 0 Å². The number of thiocarbonyl (C=S) groups is 1. The van der Waals surface area contributed by atoms with Gasteiger partial charge in [-0.3, -0.25) is 15.0 Å². The quantitative estimate of drug-likeness (QED) is 0.0336. The van der Waals surface area contributed by atoms with Crippen LogP contribution < -0.4 is 5.73 Å². The molecule has 2 aromatic rings. The van der Waals surface area contributed by atoms with Gasteiger partial charge in [0.1, 0.15) is 6.04 Å². The summed E-state index contributed by atoms with van der Waals surface area (Å²) >= 11 is 8.10. The Bertz CT molecular complexity index is 1730. The number of nitrogens with zero attached hydrogens (tertiary/aromatic N) is 4. The molecule has 0 saturated heterocycles. The Hall–Kier alpha value is -5.02. The molecule has 0 spiro atoms. The molecule has 3 rings (SSSR count). The molecule has 0 radical (unpaired) electrons. The minimum atomic E-state index is -1.05. The minimum absolute atomic E-state index is 0. The number of aliphatic imine (C=N–C) groups is 1. The Morgan fingerprint density at radius 2 is 1.37 bits per heavy atom. The number of carbonyl (C=O) groups is 4. The van der Waals surface area contributed by atoms with E-state index >= 15 is 0 Å². The van der Waals surface area contributed by atoms with Crippen LogP contribution in [0.25, 0.3) is 23.3 Å². The molecular formula is C33H31IN5O8RuS. The molecule has 3 heterocycles. The van der Waals surface area contributed by atoms with Gasteiger partial charge in [-0.1, -0.05) is 18.3 Å². The van der Waals surface area contributed by atoms with Crippen molar-refractivity contribution in [1.29, 1.82) is 0 Å². The summed E-state index contributed by atoms with van der Waals surface area (Å²) in [6.45, 7) is 1.75. The molecule has 1 aliphatic rings. The third-order valence-electron chi connectivity index (χ3n) is 5.25. The van der Waals surface area contributed by atoms with Gasteiger partial charge in [-0.25, -0.2) is 19.2 Å². The zero-order chi connectivity index (χ0) is 36.5. The van der Waals surface area contributed by atoms with Gasteiger partial charge in [-0.05, 0) is 89.9 Å². The topological polar surface area (TPSA) is 236 Å². The molecule has 1 unspecified atom stereocenters. The number of pyridine rings is 2. The average molecular weight is 886 g/mol. The predicted octanol–water partition coefficient (Wildman–Crippen LogP) is 5.93. The average Bonchev–Trinajstić information content (AvgIpc) is 3.55. The molecule has 257 valence electrons. The number of nitrogens with two attached hydrogens (primary N) is 1. The molecule has 0 amide bonds. The van der Waals surface area contributed by atoms with E-state index in [1.54, 1.807) is 61.8 Å². The van der Waals surface area contributed by atoms with Gasteiger partial charge in [0, 0.05) is 42.9 Å². The molecule has 6 N–H and O–H groups in total. The van der Waals surface area contributed by atoms with E-state index < -0.39 is 23.9 Å². The number of allylic oxidation sites excluding steroid dienone is 6. The molecule has 16 heteroatoms. The zero-order valence-electron chi connectivity index (χ0n) is 25.9. The second kappa shape index (κ2) is 27.0. The van der Waals surface area contributed by atoms with Gasteiger partial charge < -0.3 is 39.0 Å². The fourth-order valence-electron chi connectivity index (χ4n) is 3.29. The summed E-state index contributed by atoms with van der Waals surface area (Å²) < 4.78 is 0. The maximum absolute atomic E-state index is 10.5. The summed E-state index contributed by atoms with van der Waals surface area (Å²) in [6.07, 6.45) is 19.7. The van der Waals surface area contributed by atoms with Gasteiger partial charge in [0.15, 0.2) is 0 Å². The molecule has 49 heavy (non-hydrogen) atoms. The van der Waals surface area contributed by atoms with Crippen LogP contribution in [-0.4, -0.2) is 65.6 Å². The van der Waals surface area contributed by atoms with Crippen LogP contribution in [0.3, 0.4) is 0 Å². The Labute approximate surface area is 309 Å². The van der Waals surface area contributed by atoms with Crippen LogP contribution in [-0.2, 0) is 34.0 Å². The van der Waals surface area contributed by atoms with Crippen molar-refractivity contribution in [1.82, 2.24) is 9.97 Å². The first-order valence-corrected chi connectivity index (χ1v) is 18.6. The van der Waals surface area contributed by atoms with Crippen LogP contribution in [0.4, 0.5) is 0 Å². The summed E-state index contributed by atoms with van der Waals surface area (Å²) in [5.41, 5.74) is 10.1. The van der Waals surface area contributed by atoms with E-state index in [4.69, 9.17) is 31.6 Å². The summed E-state index contributed by atoms with van der Waals surface area (Å²) in [4.78, 5) is 54.5. The molecule has 0 saturated carbocycles. The second-order valence-corrected chi connectivity index (χ2v) is 8.73. The number of halogens is 1. The number of aromatic nitrogens is 2. The van der Waals surface area contributed by atoms with Crippen molar-refractivity contribution < 1.29 is 54.4 Å². The Balaban J connectivity index is 0. The van der Waals surface area contributed by atoms with E-state index in [2.05, 4.69) is 61.7 Å². The monoisotopic (exact) mass is 886 g/mol. The number of rotatable bonds is 11. The fourth-order valence-corrected chi connectivity index (χ4v) is 3.29. The van der Waals surface area contributed by atoms with Crippen molar-refractivity contribution in [3.8, 4) is 0 Å². The molecule has 0 fully saturated rings. The third-order valence-corrected chi connectivity index (χ3v) is 5.25. The van der Waals surface area contributed by atoms with Gasteiger partial charge in [0.05, 0.1) is 17.1 Å². The molecule has 1 atom stereocenters. The predicted molar refractivity (Wildman–Crippen MR) is 197 cm³/mol. The summed E-state index contributed by atoms with van der Waals surface area (Å²) in [6, 6.07) is 6.42. The van der Waals surface area contributed by atoms with Crippen molar-refractivity contribution >= 4 is 85.1 Å². The number of aliphatic carboxylic acids is 4. The van der Waals surface area contributed by atoms with E-state index in [1.165, 1.54) is 35.7 Å². The van der Waals surface area contributed by atoms with Crippen LogP contribution in [0.2, 0.25) is 0 Å². The molecule has 0 aromatic carbocycles. The normalized spacial score (nSPS) is 13.6. The summed E-state index contributed by atoms with van der Waals surface area (Å²) in [5.74, 6) is -4.14. The Kier molecular flexibility index (Phi) is 25.4. The zero-order valence-corrected chi connectivity index (χ0v) is 30.6. The van der Waals surface area contributed by atoms with Crippen molar-refractivity contribution in [2.45, 2.75) is 13.0 Å². The first-order valence-electron chi connectivity index (χ1n) is 13.0.